The second kappa shape index (κ2) is 8.96. The number of hydrogen-bond donors (Lipinski definition) is 1. The van der Waals surface area contributed by atoms with E-state index in [4.69, 9.17) is 9.47 Å². The van der Waals surface area contributed by atoms with Gasteiger partial charge in [-0.2, -0.15) is 0 Å². The van der Waals surface area contributed by atoms with Crippen LogP contribution in [0.3, 0.4) is 0 Å². The lowest BCUT2D eigenvalue weighted by Crippen LogP contribution is -2.46. The van der Waals surface area contributed by atoms with Gasteiger partial charge in [-0.15, -0.1) is 0 Å². The quantitative estimate of drug-likeness (QED) is 0.261. The van der Waals surface area contributed by atoms with Gasteiger partial charge in [-0.25, -0.2) is 17.6 Å². The van der Waals surface area contributed by atoms with E-state index in [2.05, 4.69) is 4.98 Å². The highest BCUT2D eigenvalue weighted by molar-refractivity contribution is 5.97. The Balaban J connectivity index is 1.73. The molecule has 1 aliphatic rings. The molecule has 1 saturated heterocycles. The molecule has 0 unspecified atom stereocenters. The summed E-state index contributed by atoms with van der Waals surface area (Å²) in [6.07, 6.45) is -5.30. The van der Waals surface area contributed by atoms with Crippen LogP contribution in [0.5, 0.6) is 0 Å². The molecule has 34 heavy (non-hydrogen) atoms. The Hall–Kier alpha value is -3.62. The molecule has 0 saturated carbocycles. The summed E-state index contributed by atoms with van der Waals surface area (Å²) in [5.74, 6) is -4.04. The average Bonchev–Trinajstić information content (AvgIpc) is 3.19. The fourth-order valence-electron chi connectivity index (χ4n) is 3.81. The van der Waals surface area contributed by atoms with Crippen molar-refractivity contribution in [1.29, 1.82) is 0 Å². The number of carbonyl (C=O) groups is 2. The molecule has 0 aliphatic carbocycles. The highest BCUT2D eigenvalue weighted by Crippen LogP contribution is 2.34. The number of benzene rings is 2. The van der Waals surface area contributed by atoms with Crippen molar-refractivity contribution in [2.24, 2.45) is 5.92 Å². The fourth-order valence-corrected chi connectivity index (χ4v) is 3.81. The molecule has 9 heteroatoms. The number of halogens is 4. The molecule has 0 spiro atoms. The molecule has 0 atom stereocenters. The number of cyclic esters (lactones) is 2. The molecule has 1 aliphatic heterocycles. The van der Waals surface area contributed by atoms with E-state index in [0.717, 1.165) is 0 Å². The Morgan fingerprint density at radius 2 is 1.29 bits per heavy atom. The minimum absolute atomic E-state index is 0.0642. The predicted molar refractivity (Wildman–Crippen MR) is 115 cm³/mol. The number of aromatic amines is 1. The van der Waals surface area contributed by atoms with Crippen LogP contribution < -0.4 is 0 Å². The average molecular weight is 475 g/mol. The van der Waals surface area contributed by atoms with Crippen LogP contribution in [-0.2, 0) is 25.5 Å². The number of H-pyrrole nitrogens is 1. The van der Waals surface area contributed by atoms with Gasteiger partial charge in [0.05, 0.1) is 0 Å². The SMILES string of the molecule is CC1(C)OC(=O)C(Cc2cc(-c3ccc(C(F)F)cc3)[nH]c2-c2ccc(C(F)F)cc2)C(=O)O1. The van der Waals surface area contributed by atoms with Crippen LogP contribution in [-0.4, -0.2) is 22.7 Å². The molecule has 0 bridgehead atoms. The molecule has 1 aromatic heterocycles. The summed E-state index contributed by atoms with van der Waals surface area (Å²) in [5, 5.41) is 0. The van der Waals surface area contributed by atoms with Gasteiger partial charge in [0.2, 0.25) is 0 Å². The van der Waals surface area contributed by atoms with Crippen LogP contribution in [0.15, 0.2) is 54.6 Å². The second-order valence-electron chi connectivity index (χ2n) is 8.43. The maximum Gasteiger partial charge on any atom is 0.323 e. The second-order valence-corrected chi connectivity index (χ2v) is 8.43. The first kappa shape index (κ1) is 23.5. The number of nitrogens with one attached hydrogen (secondary N) is 1. The minimum atomic E-state index is -2.63. The molecular weight excluding hydrogens is 454 g/mol. The molecule has 1 fully saturated rings. The molecule has 5 nitrogen and oxygen atoms in total. The van der Waals surface area contributed by atoms with Crippen LogP contribution in [0.2, 0.25) is 0 Å². The normalized spacial score (nSPS) is 16.1. The van der Waals surface area contributed by atoms with E-state index in [0.29, 0.717) is 28.1 Å². The minimum Gasteiger partial charge on any atom is -0.422 e. The summed E-state index contributed by atoms with van der Waals surface area (Å²) in [6, 6.07) is 12.9. The van der Waals surface area contributed by atoms with Gasteiger partial charge < -0.3 is 14.5 Å². The standard InChI is InChI=1S/C25H21F4NO4/c1-25(2)33-23(31)18(24(32)34-25)11-17-12-19(13-3-7-15(8-4-13)21(26)27)30-20(17)14-5-9-16(10-6-14)22(28)29/h3-10,12,18,21-22,30H,11H2,1-2H3. The van der Waals surface area contributed by atoms with E-state index >= 15 is 0 Å². The highest BCUT2D eigenvalue weighted by Gasteiger charge is 2.43. The molecule has 0 amide bonds. The number of ether oxygens (including phenoxy) is 2. The van der Waals surface area contributed by atoms with E-state index in [1.54, 1.807) is 6.07 Å². The van der Waals surface area contributed by atoms with Gasteiger partial charge >= 0.3 is 11.9 Å². The van der Waals surface area contributed by atoms with Crippen molar-refractivity contribution < 1.29 is 36.6 Å². The smallest absolute Gasteiger partial charge is 0.323 e. The first-order valence-electron chi connectivity index (χ1n) is 10.5. The monoisotopic (exact) mass is 475 g/mol. The van der Waals surface area contributed by atoms with Gasteiger partial charge in [-0.05, 0) is 29.2 Å². The molecular formula is C25H21F4NO4. The number of esters is 2. The summed E-state index contributed by atoms with van der Waals surface area (Å²) < 4.78 is 62.2. The van der Waals surface area contributed by atoms with E-state index in [-0.39, 0.29) is 17.5 Å². The lowest BCUT2D eigenvalue weighted by atomic mass is 9.95. The largest absolute Gasteiger partial charge is 0.422 e. The van der Waals surface area contributed by atoms with E-state index < -0.39 is 36.5 Å². The summed E-state index contributed by atoms with van der Waals surface area (Å²) in [6.45, 7) is 2.90. The molecule has 178 valence electrons. The highest BCUT2D eigenvalue weighted by atomic mass is 19.3. The molecule has 3 aromatic rings. The number of hydrogen-bond acceptors (Lipinski definition) is 4. The van der Waals surface area contributed by atoms with Crippen molar-refractivity contribution in [3.63, 3.8) is 0 Å². The van der Waals surface area contributed by atoms with Gasteiger partial charge in [-0.3, -0.25) is 9.59 Å². The summed E-state index contributed by atoms with van der Waals surface area (Å²) in [5.41, 5.74) is 2.44. The predicted octanol–water partition coefficient (Wildman–Crippen LogP) is 6.22. The van der Waals surface area contributed by atoms with Gasteiger partial charge in [-0.1, -0.05) is 48.5 Å². The van der Waals surface area contributed by atoms with Gasteiger partial charge in [0, 0.05) is 36.4 Å². The summed E-state index contributed by atoms with van der Waals surface area (Å²) in [4.78, 5) is 28.1. The van der Waals surface area contributed by atoms with E-state index in [1.165, 1.54) is 62.4 Å². The van der Waals surface area contributed by atoms with E-state index in [9.17, 15) is 27.2 Å². The number of rotatable bonds is 6. The first-order valence-corrected chi connectivity index (χ1v) is 10.5. The third-order valence-corrected chi connectivity index (χ3v) is 5.51. The maximum absolute atomic E-state index is 13.0. The Labute approximate surface area is 192 Å². The van der Waals surface area contributed by atoms with Crippen LogP contribution in [0.1, 0.15) is 43.4 Å². The van der Waals surface area contributed by atoms with Crippen molar-refractivity contribution in [2.45, 2.75) is 38.9 Å². The molecule has 1 N–H and O–H groups in total. The number of carbonyl (C=O) groups excluding carboxylic acids is 2. The van der Waals surface area contributed by atoms with Crippen LogP contribution in [0.25, 0.3) is 22.5 Å². The number of aromatic nitrogens is 1. The fraction of sp³-hybridized carbons (Fsp3) is 0.280. The Morgan fingerprint density at radius 1 is 0.824 bits per heavy atom. The van der Waals surface area contributed by atoms with Crippen molar-refractivity contribution in [3.05, 3.63) is 71.3 Å². The Bertz CT molecular complexity index is 1180. The summed E-state index contributed by atoms with van der Waals surface area (Å²) in [7, 11) is 0. The Morgan fingerprint density at radius 3 is 1.76 bits per heavy atom. The maximum atomic E-state index is 13.0. The van der Waals surface area contributed by atoms with Crippen molar-refractivity contribution in [1.82, 2.24) is 4.98 Å². The van der Waals surface area contributed by atoms with Crippen molar-refractivity contribution >= 4 is 11.9 Å². The third-order valence-electron chi connectivity index (χ3n) is 5.51. The van der Waals surface area contributed by atoms with Crippen LogP contribution >= 0.6 is 0 Å². The lowest BCUT2D eigenvalue weighted by molar-refractivity contribution is -0.239. The zero-order valence-corrected chi connectivity index (χ0v) is 18.3. The topological polar surface area (TPSA) is 68.4 Å². The van der Waals surface area contributed by atoms with Crippen molar-refractivity contribution in [2.75, 3.05) is 0 Å². The summed E-state index contributed by atoms with van der Waals surface area (Å²) >= 11 is 0. The molecule has 0 radical (unpaired) electrons. The molecule has 2 heterocycles. The zero-order chi connectivity index (χ0) is 24.6. The van der Waals surface area contributed by atoms with Gasteiger partial charge in [0.25, 0.3) is 18.6 Å². The van der Waals surface area contributed by atoms with Crippen molar-refractivity contribution in [3.8, 4) is 22.5 Å². The third kappa shape index (κ3) is 4.83. The number of alkyl halides is 4. The zero-order valence-electron chi connectivity index (χ0n) is 18.3. The molecule has 2 aromatic carbocycles. The van der Waals surface area contributed by atoms with Gasteiger partial charge in [0.15, 0.2) is 5.92 Å². The Kier molecular flexibility index (Phi) is 6.20. The molecule has 4 rings (SSSR count). The lowest BCUT2D eigenvalue weighted by Gasteiger charge is -2.32. The first-order chi connectivity index (χ1) is 16.0. The van der Waals surface area contributed by atoms with Crippen LogP contribution in [0, 0.1) is 5.92 Å². The van der Waals surface area contributed by atoms with Gasteiger partial charge in [0.1, 0.15) is 0 Å². The van der Waals surface area contributed by atoms with Crippen LogP contribution in [0.4, 0.5) is 17.6 Å². The van der Waals surface area contributed by atoms with E-state index in [1.807, 2.05) is 0 Å².